The summed E-state index contributed by atoms with van der Waals surface area (Å²) in [6.07, 6.45) is 9.76. The van der Waals surface area contributed by atoms with Crippen LogP contribution in [0.4, 0.5) is 0 Å². The van der Waals surface area contributed by atoms with Crippen molar-refractivity contribution in [2.45, 2.75) is 58.3 Å². The molecule has 0 bridgehead atoms. The zero-order valence-corrected chi connectivity index (χ0v) is 13.0. The third-order valence-corrected chi connectivity index (χ3v) is 6.11. The maximum Gasteiger partial charge on any atom is 0.222 e. The summed E-state index contributed by atoms with van der Waals surface area (Å²) in [5.41, 5.74) is 0.525. The van der Waals surface area contributed by atoms with Crippen LogP contribution in [0.2, 0.25) is 0 Å². The smallest absolute Gasteiger partial charge is 0.222 e. The lowest BCUT2D eigenvalue weighted by atomic mass is 9.77. The molecular weight excluding hydrogens is 248 g/mol. The molecule has 20 heavy (non-hydrogen) atoms. The van der Waals surface area contributed by atoms with Gasteiger partial charge in [0.2, 0.25) is 5.91 Å². The number of nitrogens with zero attached hydrogens (tertiary/aromatic N) is 1. The topological polar surface area (TPSA) is 32.3 Å². The van der Waals surface area contributed by atoms with E-state index in [1.807, 2.05) is 0 Å². The lowest BCUT2D eigenvalue weighted by molar-refractivity contribution is -0.134. The Morgan fingerprint density at radius 2 is 1.85 bits per heavy atom. The molecule has 1 saturated carbocycles. The monoisotopic (exact) mass is 278 g/mol. The predicted molar refractivity (Wildman–Crippen MR) is 81.5 cm³/mol. The highest BCUT2D eigenvalue weighted by molar-refractivity contribution is 5.76. The van der Waals surface area contributed by atoms with Gasteiger partial charge in [0.15, 0.2) is 0 Å². The van der Waals surface area contributed by atoms with Gasteiger partial charge in [0.05, 0.1) is 0 Å². The second-order valence-corrected chi connectivity index (χ2v) is 7.64. The first-order valence-corrected chi connectivity index (χ1v) is 8.65. The van der Waals surface area contributed by atoms with Crippen LogP contribution in [0.3, 0.4) is 0 Å². The van der Waals surface area contributed by atoms with Gasteiger partial charge in [0.25, 0.3) is 0 Å². The van der Waals surface area contributed by atoms with Gasteiger partial charge in [-0.05, 0) is 55.9 Å². The highest BCUT2D eigenvalue weighted by Gasteiger charge is 2.38. The molecule has 3 heteroatoms. The van der Waals surface area contributed by atoms with Crippen LogP contribution in [0.15, 0.2) is 0 Å². The average molecular weight is 278 g/mol. The van der Waals surface area contributed by atoms with Crippen molar-refractivity contribution in [1.29, 1.82) is 0 Å². The minimum absolute atomic E-state index is 0.436. The standard InChI is InChI=1S/C17H30N2O/c1-14-2-4-15(5-3-14)12-16(20)19-10-7-17(8-11-19)6-9-18-13-17/h14-15,18H,2-13H2,1H3. The number of likely N-dealkylation sites (tertiary alicyclic amines) is 1. The number of piperidine rings is 1. The Bertz CT molecular complexity index is 331. The molecule has 0 radical (unpaired) electrons. The summed E-state index contributed by atoms with van der Waals surface area (Å²) in [6, 6.07) is 0. The van der Waals surface area contributed by atoms with Crippen molar-refractivity contribution in [3.05, 3.63) is 0 Å². The molecule has 1 N–H and O–H groups in total. The van der Waals surface area contributed by atoms with E-state index in [-0.39, 0.29) is 0 Å². The second kappa shape index (κ2) is 6.05. The molecule has 1 spiro atoms. The van der Waals surface area contributed by atoms with Crippen LogP contribution in [0.1, 0.15) is 58.3 Å². The van der Waals surface area contributed by atoms with Crippen LogP contribution in [0.5, 0.6) is 0 Å². The van der Waals surface area contributed by atoms with Gasteiger partial charge in [-0.15, -0.1) is 0 Å². The zero-order chi connectivity index (χ0) is 14.0. The van der Waals surface area contributed by atoms with Gasteiger partial charge < -0.3 is 10.2 Å². The zero-order valence-electron chi connectivity index (χ0n) is 13.0. The highest BCUT2D eigenvalue weighted by atomic mass is 16.2. The van der Waals surface area contributed by atoms with Crippen molar-refractivity contribution < 1.29 is 4.79 Å². The Morgan fingerprint density at radius 1 is 1.15 bits per heavy atom. The molecule has 1 aliphatic carbocycles. The van der Waals surface area contributed by atoms with Gasteiger partial charge in [-0.1, -0.05) is 19.8 Å². The molecule has 2 heterocycles. The highest BCUT2D eigenvalue weighted by Crippen LogP contribution is 2.37. The molecule has 3 rings (SSSR count). The molecule has 0 atom stereocenters. The van der Waals surface area contributed by atoms with Gasteiger partial charge in [-0.25, -0.2) is 0 Å². The van der Waals surface area contributed by atoms with E-state index in [0.29, 0.717) is 17.2 Å². The predicted octanol–water partition coefficient (Wildman–Crippen LogP) is 2.80. The number of hydrogen-bond donors (Lipinski definition) is 1. The van der Waals surface area contributed by atoms with Crippen molar-refractivity contribution >= 4 is 5.91 Å². The van der Waals surface area contributed by atoms with Gasteiger partial charge in [-0.3, -0.25) is 4.79 Å². The van der Waals surface area contributed by atoms with Crippen molar-refractivity contribution in [1.82, 2.24) is 10.2 Å². The lowest BCUT2D eigenvalue weighted by Crippen LogP contribution is -2.44. The normalized spacial score (nSPS) is 33.5. The summed E-state index contributed by atoms with van der Waals surface area (Å²) in [4.78, 5) is 14.6. The quantitative estimate of drug-likeness (QED) is 0.842. The van der Waals surface area contributed by atoms with E-state index in [2.05, 4.69) is 17.1 Å². The maximum atomic E-state index is 12.5. The number of nitrogens with one attached hydrogen (secondary N) is 1. The average Bonchev–Trinajstić information content (AvgIpc) is 2.90. The first kappa shape index (κ1) is 14.4. The Hall–Kier alpha value is -0.570. The van der Waals surface area contributed by atoms with Crippen molar-refractivity contribution in [2.24, 2.45) is 17.3 Å². The molecule has 0 aromatic carbocycles. The molecule has 114 valence electrons. The summed E-state index contributed by atoms with van der Waals surface area (Å²) in [7, 11) is 0. The van der Waals surface area contributed by atoms with E-state index in [9.17, 15) is 4.79 Å². The van der Waals surface area contributed by atoms with Crippen LogP contribution >= 0.6 is 0 Å². The minimum atomic E-state index is 0.436. The van der Waals surface area contributed by atoms with Crippen molar-refractivity contribution in [3.63, 3.8) is 0 Å². The number of carbonyl (C=O) groups excluding carboxylic acids is 1. The lowest BCUT2D eigenvalue weighted by Gasteiger charge is -2.39. The Balaban J connectivity index is 1.44. The summed E-state index contributed by atoms with van der Waals surface area (Å²) >= 11 is 0. The summed E-state index contributed by atoms with van der Waals surface area (Å²) in [5, 5.41) is 3.49. The molecule has 0 aromatic heterocycles. The number of carbonyl (C=O) groups is 1. The van der Waals surface area contributed by atoms with Gasteiger partial charge in [0.1, 0.15) is 0 Å². The van der Waals surface area contributed by atoms with Crippen LogP contribution in [-0.2, 0) is 4.79 Å². The fourth-order valence-electron chi connectivity index (χ4n) is 4.36. The van der Waals surface area contributed by atoms with Gasteiger partial charge >= 0.3 is 0 Å². The number of hydrogen-bond acceptors (Lipinski definition) is 2. The molecule has 3 fully saturated rings. The second-order valence-electron chi connectivity index (χ2n) is 7.64. The Labute approximate surface area is 123 Å². The van der Waals surface area contributed by atoms with E-state index in [4.69, 9.17) is 0 Å². The summed E-state index contributed by atoms with van der Waals surface area (Å²) in [6.45, 7) is 6.70. The first-order valence-electron chi connectivity index (χ1n) is 8.65. The number of amides is 1. The van der Waals surface area contributed by atoms with Gasteiger partial charge in [0, 0.05) is 26.1 Å². The summed E-state index contributed by atoms with van der Waals surface area (Å²) in [5.74, 6) is 1.99. The van der Waals surface area contributed by atoms with Crippen LogP contribution < -0.4 is 5.32 Å². The van der Waals surface area contributed by atoms with Crippen LogP contribution in [0, 0.1) is 17.3 Å². The number of rotatable bonds is 2. The van der Waals surface area contributed by atoms with E-state index in [1.54, 1.807) is 0 Å². The molecule has 3 aliphatic rings. The van der Waals surface area contributed by atoms with Crippen LogP contribution in [0.25, 0.3) is 0 Å². The van der Waals surface area contributed by atoms with E-state index >= 15 is 0 Å². The minimum Gasteiger partial charge on any atom is -0.343 e. The van der Waals surface area contributed by atoms with Crippen molar-refractivity contribution in [3.8, 4) is 0 Å². The molecular formula is C17H30N2O. The Kier molecular flexibility index (Phi) is 4.34. The van der Waals surface area contributed by atoms with Crippen molar-refractivity contribution in [2.75, 3.05) is 26.2 Å². The fourth-order valence-corrected chi connectivity index (χ4v) is 4.36. The Morgan fingerprint density at radius 3 is 2.45 bits per heavy atom. The molecule has 1 amide bonds. The third kappa shape index (κ3) is 3.19. The fraction of sp³-hybridized carbons (Fsp3) is 0.941. The maximum absolute atomic E-state index is 12.5. The van der Waals surface area contributed by atoms with E-state index < -0.39 is 0 Å². The summed E-state index contributed by atoms with van der Waals surface area (Å²) < 4.78 is 0. The molecule has 3 nitrogen and oxygen atoms in total. The molecule has 0 aromatic rings. The first-order chi connectivity index (χ1) is 9.67. The molecule has 2 aliphatic heterocycles. The third-order valence-electron chi connectivity index (χ3n) is 6.11. The SMILES string of the molecule is CC1CCC(CC(=O)N2CCC3(CCNC3)CC2)CC1. The molecule has 2 saturated heterocycles. The molecule has 0 unspecified atom stereocenters. The van der Waals surface area contributed by atoms with Gasteiger partial charge in [-0.2, -0.15) is 0 Å². The largest absolute Gasteiger partial charge is 0.343 e. The van der Waals surface area contributed by atoms with E-state index in [1.165, 1.54) is 58.0 Å². The van der Waals surface area contributed by atoms with Crippen LogP contribution in [-0.4, -0.2) is 37.0 Å². The van der Waals surface area contributed by atoms with E-state index in [0.717, 1.165) is 25.4 Å².